The molecule has 0 bridgehead atoms. The first-order chi connectivity index (χ1) is 24.0. The van der Waals surface area contributed by atoms with E-state index in [0.717, 1.165) is 28.1 Å². The quantitative estimate of drug-likeness (QED) is 0.138. The van der Waals surface area contributed by atoms with Crippen molar-refractivity contribution in [2.24, 2.45) is 7.05 Å². The molecule has 238 valence electrons. The van der Waals surface area contributed by atoms with Crippen molar-refractivity contribution in [2.45, 2.75) is 26.9 Å². The number of hydrogen-bond acceptors (Lipinski definition) is 2. The zero-order valence-electron chi connectivity index (χ0n) is 28.1. The summed E-state index contributed by atoms with van der Waals surface area (Å²) in [6.45, 7) is 5.95. The van der Waals surface area contributed by atoms with Crippen LogP contribution in [0.2, 0.25) is 0 Å². The van der Waals surface area contributed by atoms with Crippen molar-refractivity contribution >= 4 is 16.7 Å². The van der Waals surface area contributed by atoms with Gasteiger partial charge in [-0.05, 0) is 66.3 Å². The van der Waals surface area contributed by atoms with E-state index in [1.807, 2.05) is 6.07 Å². The number of aromatic nitrogens is 3. The molecular weight excluding hydrogens is 603 g/mol. The van der Waals surface area contributed by atoms with Crippen LogP contribution in [0.3, 0.4) is 0 Å². The van der Waals surface area contributed by atoms with Gasteiger partial charge in [0.2, 0.25) is 17.1 Å². The zero-order valence-corrected chi connectivity index (χ0v) is 28.1. The normalized spacial score (nSPS) is 12.5. The molecule has 0 unspecified atom stereocenters. The summed E-state index contributed by atoms with van der Waals surface area (Å²) in [5.41, 5.74) is 13.1. The molecule has 0 atom stereocenters. The highest BCUT2D eigenvalue weighted by atomic mass is 16.5. The minimum atomic E-state index is -0.284. The first kappa shape index (κ1) is 30.4. The molecular formula is C44H38N3O2+3. The molecule has 1 aliphatic heterocycles. The zero-order chi connectivity index (χ0) is 33.5. The molecule has 1 aliphatic rings. The van der Waals surface area contributed by atoms with Crippen LogP contribution in [0.1, 0.15) is 27.2 Å². The largest absolute Gasteiger partial charge is 0.451 e. The first-order valence-electron chi connectivity index (χ1n) is 16.8. The summed E-state index contributed by atoms with van der Waals surface area (Å²) in [6, 6.07) is 45.0. The number of fused-ring (bicyclic) bond motifs is 2. The minimum absolute atomic E-state index is 0.284. The molecule has 0 N–H and O–H groups in total. The standard InChI is InChI=1S/C44H38N3O2/c1-30-18-20-32(21-19-30)35-27-41(47-25-26-49-44(48)42(47)28-35)38-13-6-5-12-34(38)29-46-23-9-8-17-40(46)36-15-10-16-37(31(36)2)43-39-14-7-4-11-33(39)22-24-45(43)3/h4-24,27-28H,25-26,29H2,1-3H3/q+3. The third-order valence-corrected chi connectivity index (χ3v) is 9.79. The smallest absolute Gasteiger partial charge is 0.403 e. The van der Waals surface area contributed by atoms with E-state index in [2.05, 4.69) is 168 Å². The van der Waals surface area contributed by atoms with Crippen molar-refractivity contribution in [3.8, 4) is 44.9 Å². The van der Waals surface area contributed by atoms with E-state index in [1.54, 1.807) is 0 Å². The van der Waals surface area contributed by atoms with Gasteiger partial charge in [0.1, 0.15) is 7.05 Å². The molecule has 5 nitrogen and oxygen atoms in total. The van der Waals surface area contributed by atoms with Crippen molar-refractivity contribution in [1.29, 1.82) is 0 Å². The maximum absolute atomic E-state index is 13.1. The number of pyridine rings is 3. The molecule has 0 amide bonds. The van der Waals surface area contributed by atoms with Crippen LogP contribution in [0.5, 0.6) is 0 Å². The van der Waals surface area contributed by atoms with Gasteiger partial charge in [-0.25, -0.2) is 9.36 Å². The predicted octanol–water partition coefficient (Wildman–Crippen LogP) is 7.74. The Kier molecular flexibility index (Phi) is 7.81. The van der Waals surface area contributed by atoms with E-state index in [9.17, 15) is 4.79 Å². The lowest BCUT2D eigenvalue weighted by atomic mass is 9.94. The van der Waals surface area contributed by atoms with Gasteiger partial charge in [-0.2, -0.15) is 9.13 Å². The van der Waals surface area contributed by atoms with Crippen LogP contribution in [-0.4, -0.2) is 12.6 Å². The van der Waals surface area contributed by atoms with Crippen LogP contribution >= 0.6 is 0 Å². The summed E-state index contributed by atoms with van der Waals surface area (Å²) in [7, 11) is 2.12. The summed E-state index contributed by atoms with van der Waals surface area (Å²) < 4.78 is 12.2. The Hall–Kier alpha value is -5.94. The maximum Gasteiger partial charge on any atom is 0.403 e. The van der Waals surface area contributed by atoms with Crippen molar-refractivity contribution < 1.29 is 23.2 Å². The van der Waals surface area contributed by atoms with Crippen LogP contribution in [0.15, 0.2) is 140 Å². The van der Waals surface area contributed by atoms with Crippen LogP contribution in [0, 0.1) is 13.8 Å². The highest BCUT2D eigenvalue weighted by Crippen LogP contribution is 2.33. The number of carbonyl (C=O) groups excluding carboxylic acids is 1. The van der Waals surface area contributed by atoms with Crippen LogP contribution in [0.25, 0.3) is 55.7 Å². The molecule has 0 saturated carbocycles. The van der Waals surface area contributed by atoms with E-state index >= 15 is 0 Å². The minimum Gasteiger partial charge on any atom is -0.451 e. The Morgan fingerprint density at radius 1 is 0.653 bits per heavy atom. The highest BCUT2D eigenvalue weighted by Gasteiger charge is 2.32. The lowest BCUT2D eigenvalue weighted by molar-refractivity contribution is -0.695. The second-order valence-electron chi connectivity index (χ2n) is 12.9. The Labute approximate surface area is 287 Å². The van der Waals surface area contributed by atoms with E-state index in [0.29, 0.717) is 25.4 Å². The van der Waals surface area contributed by atoms with Gasteiger partial charge < -0.3 is 4.74 Å². The SMILES string of the molecule is Cc1ccc(-c2cc3[n+](c(-c4ccccc4C[n+]4ccccc4-c4cccc(-c5c6ccccc6cc[n+]5C)c4C)c2)CCOC3=O)cc1. The molecule has 0 radical (unpaired) electrons. The summed E-state index contributed by atoms with van der Waals surface area (Å²) in [4.78, 5) is 13.1. The molecule has 0 saturated heterocycles. The number of benzene rings is 4. The molecule has 8 rings (SSSR count). The van der Waals surface area contributed by atoms with Gasteiger partial charge in [-0.15, -0.1) is 0 Å². The Morgan fingerprint density at radius 3 is 2.27 bits per heavy atom. The Morgan fingerprint density at radius 2 is 1.39 bits per heavy atom. The number of rotatable bonds is 6. The lowest BCUT2D eigenvalue weighted by Gasteiger charge is -2.17. The second kappa shape index (κ2) is 12.6. The number of cyclic esters (lactones) is 1. The van der Waals surface area contributed by atoms with Gasteiger partial charge in [0.25, 0.3) is 5.69 Å². The fraction of sp³-hybridized carbons (Fsp3) is 0.136. The lowest BCUT2D eigenvalue weighted by Crippen LogP contribution is -2.49. The number of hydrogen-bond donors (Lipinski definition) is 0. The van der Waals surface area contributed by atoms with E-state index < -0.39 is 0 Å². The molecule has 3 aromatic heterocycles. The number of carbonyl (C=O) groups is 1. The maximum atomic E-state index is 13.1. The summed E-state index contributed by atoms with van der Waals surface area (Å²) in [5.74, 6) is -0.284. The van der Waals surface area contributed by atoms with Gasteiger partial charge in [0, 0.05) is 41.5 Å². The average Bonchev–Trinajstić information content (AvgIpc) is 3.13. The molecule has 4 heterocycles. The predicted molar refractivity (Wildman–Crippen MR) is 193 cm³/mol. The fourth-order valence-corrected chi connectivity index (χ4v) is 7.24. The number of ether oxygens (including phenoxy) is 1. The number of nitrogens with zero attached hydrogens (tertiary/aromatic N) is 3. The number of esters is 1. The molecule has 49 heavy (non-hydrogen) atoms. The van der Waals surface area contributed by atoms with Crippen molar-refractivity contribution in [3.63, 3.8) is 0 Å². The van der Waals surface area contributed by atoms with E-state index in [-0.39, 0.29) is 5.97 Å². The van der Waals surface area contributed by atoms with Crippen LogP contribution < -0.4 is 13.7 Å². The molecule has 5 heteroatoms. The monoisotopic (exact) mass is 640 g/mol. The third kappa shape index (κ3) is 5.57. The molecule has 0 spiro atoms. The van der Waals surface area contributed by atoms with Crippen molar-refractivity contribution in [3.05, 3.63) is 162 Å². The molecule has 4 aromatic carbocycles. The van der Waals surface area contributed by atoms with Gasteiger partial charge >= 0.3 is 5.97 Å². The fourth-order valence-electron chi connectivity index (χ4n) is 7.24. The molecule has 0 fully saturated rings. The number of aryl methyl sites for hydroxylation is 2. The Balaban J connectivity index is 1.24. The highest BCUT2D eigenvalue weighted by molar-refractivity contribution is 5.94. The molecule has 0 aliphatic carbocycles. The van der Waals surface area contributed by atoms with Gasteiger partial charge in [0.05, 0.1) is 16.5 Å². The molecule has 7 aromatic rings. The van der Waals surface area contributed by atoms with E-state index in [4.69, 9.17) is 4.74 Å². The van der Waals surface area contributed by atoms with Crippen LogP contribution in [0.4, 0.5) is 0 Å². The third-order valence-electron chi connectivity index (χ3n) is 9.79. The average molecular weight is 641 g/mol. The Bertz CT molecular complexity index is 2390. The second-order valence-corrected chi connectivity index (χ2v) is 12.9. The van der Waals surface area contributed by atoms with Gasteiger partial charge in [0.15, 0.2) is 32.1 Å². The summed E-state index contributed by atoms with van der Waals surface area (Å²) in [5, 5.41) is 2.46. The summed E-state index contributed by atoms with van der Waals surface area (Å²) >= 11 is 0. The summed E-state index contributed by atoms with van der Waals surface area (Å²) in [6.07, 6.45) is 4.31. The van der Waals surface area contributed by atoms with Crippen LogP contribution in [-0.2, 0) is 24.9 Å². The van der Waals surface area contributed by atoms with Gasteiger partial charge in [-0.3, -0.25) is 0 Å². The first-order valence-corrected chi connectivity index (χ1v) is 16.8. The van der Waals surface area contributed by atoms with Gasteiger partial charge in [-0.1, -0.05) is 72.3 Å². The topological polar surface area (TPSA) is 37.9 Å². The van der Waals surface area contributed by atoms with Crippen molar-refractivity contribution in [1.82, 2.24) is 0 Å². The van der Waals surface area contributed by atoms with E-state index in [1.165, 1.54) is 44.3 Å². The van der Waals surface area contributed by atoms with Crippen molar-refractivity contribution in [2.75, 3.05) is 6.61 Å².